The molecule has 0 heterocycles. The first-order chi connectivity index (χ1) is 21.0. The summed E-state index contributed by atoms with van der Waals surface area (Å²) in [6.07, 6.45) is 0.648. The molecule has 0 radical (unpaired) electrons. The topological polar surface area (TPSA) is 146 Å². The van der Waals surface area contributed by atoms with Crippen molar-refractivity contribution in [1.29, 1.82) is 1.43 Å². The second kappa shape index (κ2) is 16.7. The number of hydrogen-bond acceptors (Lipinski definition) is 7. The van der Waals surface area contributed by atoms with E-state index >= 15 is 0 Å². The summed E-state index contributed by atoms with van der Waals surface area (Å²) in [5, 5.41) is 5.74. The molecular weight excluding hydrogens is 498 g/mol. The van der Waals surface area contributed by atoms with E-state index in [-0.39, 0.29) is 36.4 Å². The van der Waals surface area contributed by atoms with Gasteiger partial charge in [-0.3, -0.25) is 9.59 Å². The maximum atomic E-state index is 13.4. The fourth-order valence-electron chi connectivity index (χ4n) is 4.23. The third-order valence-electron chi connectivity index (χ3n) is 7.21. The Hall–Kier alpha value is -2.36. The monoisotopic (exact) mass is 557 g/mol. The molecule has 0 saturated heterocycles. The van der Waals surface area contributed by atoms with E-state index in [1.54, 1.807) is 28.1 Å². The van der Waals surface area contributed by atoms with Gasteiger partial charge in [-0.15, -0.1) is 0 Å². The number of aliphatic hydroxyl groups excluding tert-OH is 1. The van der Waals surface area contributed by atoms with Crippen LogP contribution in [-0.2, 0) is 20.7 Å². The van der Waals surface area contributed by atoms with Crippen molar-refractivity contribution in [3.05, 3.63) is 23.8 Å². The summed E-state index contributed by atoms with van der Waals surface area (Å²) in [5.41, 5.74) is 0.122. The molecule has 9 heteroatoms. The standard InChI is InChI=1S/C30H53N3O6/c1-19(2)22(14-21-10-11-26(38-8)27(15-21)39-13-9-12-37-7)16-24(31)25(34)17-23(20(3)4)28(35)33-18-30(5,6)29(32)36/h10-11,15,19-20,22-25,34H,9,12-14,16-18,31H2,1-8H3,(H2,32,36)(H,33,35)/t22-,23-,24-,25-/m0/s1/i34D/hD5. The second-order valence-corrected chi connectivity index (χ2v) is 11.7. The van der Waals surface area contributed by atoms with E-state index < -0.39 is 35.3 Å². The van der Waals surface area contributed by atoms with E-state index in [2.05, 4.69) is 13.8 Å². The predicted octanol–water partition coefficient (Wildman–Crippen LogP) is 3.29. The van der Waals surface area contributed by atoms with Gasteiger partial charge in [0.05, 0.1) is 25.2 Å². The van der Waals surface area contributed by atoms with Gasteiger partial charge in [-0.1, -0.05) is 33.8 Å². The van der Waals surface area contributed by atoms with E-state index in [9.17, 15) is 9.59 Å². The van der Waals surface area contributed by atoms with Crippen LogP contribution >= 0.6 is 0 Å². The Bertz CT molecular complexity index is 1050. The summed E-state index contributed by atoms with van der Waals surface area (Å²) in [7, 11) is 3.21. The number of methoxy groups -OCH3 is 2. The highest BCUT2D eigenvalue weighted by atomic mass is 16.5. The maximum Gasteiger partial charge on any atom is 0.224 e. The largest absolute Gasteiger partial charge is 0.493 e. The van der Waals surface area contributed by atoms with E-state index in [4.69, 9.17) is 27.8 Å². The zero-order chi connectivity index (χ0) is 34.5. The SMILES string of the molecule is [2H]O[C@@H](C[C@H](C(=O)N([2H])CC(C)(C)C(=O)N([2H])[2H])C(C)C)[C@H](C[C@H](Cc1ccc(OC)c(OCCCOC)c1)C(C)C)N([2H])[2H]. The van der Waals surface area contributed by atoms with Gasteiger partial charge in [0, 0.05) is 38.6 Å². The van der Waals surface area contributed by atoms with Crippen LogP contribution in [-0.4, -0.2) is 64.5 Å². The van der Waals surface area contributed by atoms with E-state index in [0.717, 1.165) is 12.0 Å². The Morgan fingerprint density at radius 2 is 1.87 bits per heavy atom. The minimum Gasteiger partial charge on any atom is -0.493 e. The average Bonchev–Trinajstić information content (AvgIpc) is 2.97. The lowest BCUT2D eigenvalue weighted by molar-refractivity contribution is -0.130. The maximum absolute atomic E-state index is 13.4. The molecule has 39 heavy (non-hydrogen) atoms. The highest BCUT2D eigenvalue weighted by Crippen LogP contribution is 2.32. The lowest BCUT2D eigenvalue weighted by Crippen LogP contribution is -2.46. The molecule has 0 fully saturated rings. The molecule has 1 aromatic rings. The zero-order valence-electron chi connectivity index (χ0n) is 30.9. The van der Waals surface area contributed by atoms with Crippen LogP contribution in [0, 0.1) is 29.1 Å². The van der Waals surface area contributed by atoms with Crippen molar-refractivity contribution < 1.29 is 36.0 Å². The third kappa shape index (κ3) is 11.7. The van der Waals surface area contributed by atoms with Crippen molar-refractivity contribution in [2.45, 2.75) is 79.4 Å². The molecular formula is C30H53N3O6. The van der Waals surface area contributed by atoms with Crippen molar-refractivity contribution in [1.82, 2.24) is 5.31 Å². The molecule has 0 aliphatic carbocycles. The smallest absolute Gasteiger partial charge is 0.224 e. The third-order valence-corrected chi connectivity index (χ3v) is 7.21. The van der Waals surface area contributed by atoms with Crippen LogP contribution in [0.4, 0.5) is 0 Å². The van der Waals surface area contributed by atoms with Crippen molar-refractivity contribution >= 4 is 11.8 Å². The molecule has 0 aliphatic heterocycles. The molecule has 0 bridgehead atoms. The van der Waals surface area contributed by atoms with Gasteiger partial charge < -0.3 is 36.1 Å². The van der Waals surface area contributed by atoms with Gasteiger partial charge in [-0.25, -0.2) is 0 Å². The lowest BCUT2D eigenvalue weighted by Gasteiger charge is -2.30. The van der Waals surface area contributed by atoms with Crippen molar-refractivity contribution in [2.24, 2.45) is 40.5 Å². The minimum absolute atomic E-state index is 0.0154. The Balaban J connectivity index is 3.19. The molecule has 9 nitrogen and oxygen atoms in total. The highest BCUT2D eigenvalue weighted by molar-refractivity contribution is 5.83. The number of amides is 2. The van der Waals surface area contributed by atoms with E-state index in [1.165, 1.54) is 13.8 Å². The summed E-state index contributed by atoms with van der Waals surface area (Å²) < 4.78 is 63.7. The number of hydrogen-bond donors (Lipinski definition) is 4. The number of primary amides is 1. The van der Waals surface area contributed by atoms with Gasteiger partial charge in [0.15, 0.2) is 15.7 Å². The van der Waals surface area contributed by atoms with Crippen LogP contribution in [0.25, 0.3) is 0 Å². The fraction of sp³-hybridized carbons (Fsp3) is 0.733. The first-order valence-corrected chi connectivity index (χ1v) is 13.8. The predicted molar refractivity (Wildman–Crippen MR) is 155 cm³/mol. The van der Waals surface area contributed by atoms with Crippen molar-refractivity contribution in [3.63, 3.8) is 0 Å². The first-order valence-electron chi connectivity index (χ1n) is 16.4. The van der Waals surface area contributed by atoms with Crippen LogP contribution in [0.3, 0.4) is 0 Å². The van der Waals surface area contributed by atoms with Crippen molar-refractivity contribution in [3.8, 4) is 11.5 Å². The second-order valence-electron chi connectivity index (χ2n) is 11.7. The van der Waals surface area contributed by atoms with Gasteiger partial charge >= 0.3 is 0 Å². The summed E-state index contributed by atoms with van der Waals surface area (Å²) in [6, 6.07) is 4.87. The van der Waals surface area contributed by atoms with Gasteiger partial charge in [-0.05, 0) is 68.6 Å². The van der Waals surface area contributed by atoms with Crippen LogP contribution in [0.5, 0.6) is 11.5 Å². The number of aliphatic hydroxyl groups is 1. The molecule has 1 rings (SSSR count). The normalized spacial score (nSPS) is 17.2. The molecule has 6 N–H and O–H groups in total. The molecule has 1 aromatic carbocycles. The fourth-order valence-corrected chi connectivity index (χ4v) is 4.23. The zero-order valence-corrected chi connectivity index (χ0v) is 24.9. The Morgan fingerprint density at radius 3 is 2.44 bits per heavy atom. The number of benzene rings is 1. The molecule has 224 valence electrons. The summed E-state index contributed by atoms with van der Waals surface area (Å²) >= 11 is 0. The Morgan fingerprint density at radius 1 is 1.13 bits per heavy atom. The molecule has 0 aromatic heterocycles. The number of carbonyl (C=O) groups is 2. The lowest BCUT2D eigenvalue weighted by atomic mass is 9.80. The molecule has 0 unspecified atom stereocenters. The summed E-state index contributed by atoms with van der Waals surface area (Å²) in [4.78, 5) is 25.7. The van der Waals surface area contributed by atoms with Gasteiger partial charge in [0.1, 0.15) is 2.82 Å². The number of ether oxygens (including phenoxy) is 3. The van der Waals surface area contributed by atoms with Crippen molar-refractivity contribution in [2.75, 3.05) is 34.0 Å². The molecule has 0 aliphatic rings. The Kier molecular flexibility index (Phi) is 10.9. The van der Waals surface area contributed by atoms with E-state index in [1.807, 2.05) is 18.2 Å². The average molecular weight is 558 g/mol. The first kappa shape index (κ1) is 25.6. The quantitative estimate of drug-likeness (QED) is 0.170. The van der Waals surface area contributed by atoms with Crippen LogP contribution in [0.2, 0.25) is 7.06 Å². The molecule has 0 saturated carbocycles. The van der Waals surface area contributed by atoms with Gasteiger partial charge in [-0.2, -0.15) is 0 Å². The number of carbonyl (C=O) groups excluding carboxylic acids is 2. The van der Waals surface area contributed by atoms with Gasteiger partial charge in [0.25, 0.3) is 0 Å². The summed E-state index contributed by atoms with van der Waals surface area (Å²) in [5.74, 6) is -1.20. The molecule has 4 atom stereocenters. The number of nitrogens with one attached hydrogen (secondary N) is 1. The molecule has 2 amide bonds. The molecule has 0 spiro atoms. The Labute approximate surface area is 244 Å². The summed E-state index contributed by atoms with van der Waals surface area (Å²) in [6.45, 7) is 11.3. The van der Waals surface area contributed by atoms with Crippen LogP contribution in [0.15, 0.2) is 18.2 Å². The van der Waals surface area contributed by atoms with Crippen LogP contribution < -0.4 is 26.2 Å². The number of nitrogens with two attached hydrogens (primary N) is 2. The van der Waals surface area contributed by atoms with Gasteiger partial charge in [0.2, 0.25) is 13.2 Å². The number of rotatable bonds is 21. The van der Waals surface area contributed by atoms with Crippen LogP contribution in [0.1, 0.15) is 66.4 Å². The van der Waals surface area contributed by atoms with E-state index in [0.29, 0.717) is 48.6 Å². The highest BCUT2D eigenvalue weighted by Gasteiger charge is 2.32. The minimum atomic E-state index is -1.34.